The van der Waals surface area contributed by atoms with E-state index in [0.29, 0.717) is 0 Å². The first-order valence-electron chi connectivity index (χ1n) is 8.35. The van der Waals surface area contributed by atoms with Gasteiger partial charge in [-0.1, -0.05) is 12.1 Å². The van der Waals surface area contributed by atoms with Crippen LogP contribution in [0.2, 0.25) is 0 Å². The van der Waals surface area contributed by atoms with Crippen molar-refractivity contribution in [3.05, 3.63) is 54.4 Å². The highest BCUT2D eigenvalue weighted by Gasteiger charge is 2.37. The number of nitrogens with zero attached hydrogens (tertiary/aromatic N) is 5. The van der Waals surface area contributed by atoms with Crippen LogP contribution in [0.15, 0.2) is 42.9 Å². The van der Waals surface area contributed by atoms with Crippen molar-refractivity contribution in [3.8, 4) is 0 Å². The number of amides is 1. The molecule has 0 bridgehead atoms. The van der Waals surface area contributed by atoms with Gasteiger partial charge in [-0.3, -0.25) is 9.78 Å². The minimum atomic E-state index is -1.25. The van der Waals surface area contributed by atoms with Crippen molar-refractivity contribution >= 4 is 16.9 Å². The van der Waals surface area contributed by atoms with Gasteiger partial charge in [0.05, 0.1) is 30.3 Å². The smallest absolute Gasteiger partial charge is 0.274 e. The van der Waals surface area contributed by atoms with E-state index in [2.05, 4.69) is 15.0 Å². The van der Waals surface area contributed by atoms with Gasteiger partial charge in [-0.2, -0.15) is 0 Å². The van der Waals surface area contributed by atoms with Crippen LogP contribution in [0.3, 0.4) is 0 Å². The number of imidazole rings is 1. The number of hydrogen-bond donors (Lipinski definition) is 0. The normalized spacial score (nSPS) is 20.0. The van der Waals surface area contributed by atoms with Crippen LogP contribution in [-0.2, 0) is 18.4 Å². The maximum atomic E-state index is 14.3. The van der Waals surface area contributed by atoms with Gasteiger partial charge in [0, 0.05) is 19.4 Å². The first-order valence-corrected chi connectivity index (χ1v) is 8.35. The predicted octanol–water partition coefficient (Wildman–Crippen LogP) is 1.74. The molecule has 4 rings (SSSR count). The van der Waals surface area contributed by atoms with Gasteiger partial charge in [-0.15, -0.1) is 0 Å². The number of carbonyl (C=O) groups is 1. The van der Waals surface area contributed by atoms with E-state index in [1.54, 1.807) is 0 Å². The van der Waals surface area contributed by atoms with Crippen molar-refractivity contribution in [1.82, 2.24) is 24.4 Å². The van der Waals surface area contributed by atoms with Crippen molar-refractivity contribution in [2.45, 2.75) is 18.9 Å². The number of halogens is 1. The molecule has 0 N–H and O–H groups in total. The van der Waals surface area contributed by atoms with Crippen LogP contribution < -0.4 is 0 Å². The van der Waals surface area contributed by atoms with E-state index in [4.69, 9.17) is 4.74 Å². The fraction of sp³-hybridized carbons (Fsp3) is 0.333. The molecule has 3 aromatic rings. The second-order valence-corrected chi connectivity index (χ2v) is 6.24. The zero-order valence-electron chi connectivity index (χ0n) is 14.2. The van der Waals surface area contributed by atoms with Crippen molar-refractivity contribution in [3.63, 3.8) is 0 Å². The minimum Gasteiger partial charge on any atom is -0.365 e. The Kier molecular flexibility index (Phi) is 4.34. The number of hydrogen-bond acceptors (Lipinski definition) is 5. The fourth-order valence-electron chi connectivity index (χ4n) is 3.13. The molecular formula is C18H18FN5O2. The Labute approximate surface area is 149 Å². The third-order valence-electron chi connectivity index (χ3n) is 4.57. The second kappa shape index (κ2) is 6.80. The van der Waals surface area contributed by atoms with E-state index in [0.717, 1.165) is 16.9 Å². The molecule has 7 nitrogen and oxygen atoms in total. The summed E-state index contributed by atoms with van der Waals surface area (Å²) >= 11 is 0. The monoisotopic (exact) mass is 355 g/mol. The summed E-state index contributed by atoms with van der Waals surface area (Å²) in [7, 11) is 1.90. The van der Waals surface area contributed by atoms with Gasteiger partial charge >= 0.3 is 0 Å². The largest absolute Gasteiger partial charge is 0.365 e. The van der Waals surface area contributed by atoms with Crippen molar-refractivity contribution in [2.75, 3.05) is 13.1 Å². The van der Waals surface area contributed by atoms with Gasteiger partial charge in [0.2, 0.25) is 0 Å². The Morgan fingerprint density at radius 1 is 1.31 bits per heavy atom. The number of likely N-dealkylation sites (tertiary alicyclic amines) is 1. The average molecular weight is 355 g/mol. The van der Waals surface area contributed by atoms with E-state index in [1.165, 1.54) is 23.5 Å². The molecule has 2 unspecified atom stereocenters. The summed E-state index contributed by atoms with van der Waals surface area (Å²) in [6.45, 7) is 0.354. The van der Waals surface area contributed by atoms with E-state index in [1.807, 2.05) is 35.9 Å². The lowest BCUT2D eigenvalue weighted by molar-refractivity contribution is 0.00772. The first kappa shape index (κ1) is 16.6. The van der Waals surface area contributed by atoms with Crippen LogP contribution in [0.1, 0.15) is 16.3 Å². The van der Waals surface area contributed by atoms with Crippen LogP contribution >= 0.6 is 0 Å². The lowest BCUT2D eigenvalue weighted by Gasteiger charge is -2.15. The van der Waals surface area contributed by atoms with E-state index in [-0.39, 0.29) is 31.3 Å². The maximum Gasteiger partial charge on any atom is 0.274 e. The number of aryl methyl sites for hydroxylation is 1. The third-order valence-corrected chi connectivity index (χ3v) is 4.57. The van der Waals surface area contributed by atoms with Crippen LogP contribution in [-0.4, -0.2) is 55.7 Å². The zero-order valence-corrected chi connectivity index (χ0v) is 14.2. The molecule has 134 valence electrons. The van der Waals surface area contributed by atoms with E-state index >= 15 is 0 Å². The zero-order chi connectivity index (χ0) is 18.1. The Morgan fingerprint density at radius 2 is 2.15 bits per heavy atom. The third kappa shape index (κ3) is 3.03. The summed E-state index contributed by atoms with van der Waals surface area (Å²) in [6, 6.07) is 7.76. The van der Waals surface area contributed by atoms with Crippen LogP contribution in [0.25, 0.3) is 11.0 Å². The molecule has 0 spiro atoms. The topological polar surface area (TPSA) is 73.1 Å². The average Bonchev–Trinajstić information content (AvgIpc) is 3.20. The molecule has 1 amide bonds. The van der Waals surface area contributed by atoms with Crippen molar-refractivity contribution in [2.24, 2.45) is 7.05 Å². The second-order valence-electron chi connectivity index (χ2n) is 6.24. The summed E-state index contributed by atoms with van der Waals surface area (Å²) in [5, 5.41) is 0. The highest BCUT2D eigenvalue weighted by molar-refractivity contribution is 5.92. The Bertz CT molecular complexity index is 930. The van der Waals surface area contributed by atoms with Gasteiger partial charge in [0.15, 0.2) is 0 Å². The molecule has 1 aliphatic heterocycles. The number of rotatable bonds is 4. The molecular weight excluding hydrogens is 337 g/mol. The highest BCUT2D eigenvalue weighted by atomic mass is 19.1. The quantitative estimate of drug-likeness (QED) is 0.713. The molecule has 2 aromatic heterocycles. The summed E-state index contributed by atoms with van der Waals surface area (Å²) in [5.41, 5.74) is 2.07. The molecule has 0 saturated carbocycles. The Hall–Kier alpha value is -2.87. The fourth-order valence-corrected chi connectivity index (χ4v) is 3.13. The van der Waals surface area contributed by atoms with E-state index < -0.39 is 12.3 Å². The molecule has 1 aromatic carbocycles. The molecule has 26 heavy (non-hydrogen) atoms. The van der Waals surface area contributed by atoms with Crippen LogP contribution in [0.4, 0.5) is 4.39 Å². The summed E-state index contributed by atoms with van der Waals surface area (Å²) in [4.78, 5) is 26.1. The lowest BCUT2D eigenvalue weighted by Crippen LogP contribution is -2.30. The van der Waals surface area contributed by atoms with Crippen LogP contribution in [0.5, 0.6) is 0 Å². The number of carbonyl (C=O) groups excluding carboxylic acids is 1. The molecule has 8 heteroatoms. The number of para-hydroxylation sites is 2. The number of benzene rings is 1. The molecule has 3 heterocycles. The standard InChI is InChI=1S/C18H18FN5O2/c1-23-15-5-3-2-4-13(15)22-17(23)11-26-16-10-24(9-12(16)19)18(25)14-8-20-6-7-21-14/h2-8,12,16H,9-11H2,1H3. The number of ether oxygens (including phenoxy) is 1. The Morgan fingerprint density at radius 3 is 2.92 bits per heavy atom. The number of alkyl halides is 1. The summed E-state index contributed by atoms with van der Waals surface area (Å²) in [5.74, 6) is 0.381. The van der Waals surface area contributed by atoms with Crippen molar-refractivity contribution < 1.29 is 13.9 Å². The van der Waals surface area contributed by atoms with Crippen LogP contribution in [0, 0.1) is 0 Å². The van der Waals surface area contributed by atoms with Gasteiger partial charge in [0.25, 0.3) is 5.91 Å². The molecule has 1 fully saturated rings. The SMILES string of the molecule is Cn1c(COC2CN(C(=O)c3cnccn3)CC2F)nc2ccccc21. The highest BCUT2D eigenvalue weighted by Crippen LogP contribution is 2.21. The van der Waals surface area contributed by atoms with E-state index in [9.17, 15) is 9.18 Å². The Balaban J connectivity index is 1.42. The molecule has 0 radical (unpaired) electrons. The molecule has 1 aliphatic rings. The molecule has 2 atom stereocenters. The molecule has 0 aliphatic carbocycles. The van der Waals surface area contributed by atoms with Gasteiger partial charge in [-0.25, -0.2) is 14.4 Å². The number of fused-ring (bicyclic) bond motifs is 1. The molecule has 1 saturated heterocycles. The van der Waals surface area contributed by atoms with Crippen molar-refractivity contribution in [1.29, 1.82) is 0 Å². The van der Waals surface area contributed by atoms with Gasteiger partial charge in [0.1, 0.15) is 30.4 Å². The predicted molar refractivity (Wildman–Crippen MR) is 92.1 cm³/mol. The summed E-state index contributed by atoms with van der Waals surface area (Å²) in [6.07, 6.45) is 2.38. The van der Waals surface area contributed by atoms with Gasteiger partial charge < -0.3 is 14.2 Å². The summed E-state index contributed by atoms with van der Waals surface area (Å²) < 4.78 is 22.0. The lowest BCUT2D eigenvalue weighted by atomic mass is 10.3. The minimum absolute atomic E-state index is 0.0113. The van der Waals surface area contributed by atoms with Gasteiger partial charge in [-0.05, 0) is 12.1 Å². The maximum absolute atomic E-state index is 14.3. The number of aromatic nitrogens is 4. The first-order chi connectivity index (χ1) is 12.6.